The summed E-state index contributed by atoms with van der Waals surface area (Å²) < 4.78 is 53.7. The number of likely N-dealkylation sites (tertiary alicyclic amines) is 1. The Balaban J connectivity index is 2.33. The first-order valence-corrected chi connectivity index (χ1v) is 7.50. The predicted octanol–water partition coefficient (Wildman–Crippen LogP) is 2.81. The van der Waals surface area contributed by atoms with Gasteiger partial charge in [0.25, 0.3) is 5.91 Å². The van der Waals surface area contributed by atoms with E-state index in [1.165, 1.54) is 19.1 Å². The van der Waals surface area contributed by atoms with Crippen molar-refractivity contribution in [2.45, 2.75) is 44.9 Å². The van der Waals surface area contributed by atoms with Crippen LogP contribution >= 0.6 is 0 Å². The summed E-state index contributed by atoms with van der Waals surface area (Å²) in [5, 5.41) is 2.52. The number of rotatable bonds is 2. The molecule has 2 amide bonds. The molecule has 0 spiro atoms. The summed E-state index contributed by atoms with van der Waals surface area (Å²) in [7, 11) is 0. The normalized spacial score (nSPS) is 21.5. The second-order valence-corrected chi connectivity index (χ2v) is 5.97. The third kappa shape index (κ3) is 4.04. The summed E-state index contributed by atoms with van der Waals surface area (Å²) in [6.07, 6.45) is -4.85. The zero-order chi connectivity index (χ0) is 18.1. The van der Waals surface area contributed by atoms with Crippen LogP contribution in [0.1, 0.15) is 35.7 Å². The van der Waals surface area contributed by atoms with E-state index in [0.717, 1.165) is 6.07 Å². The highest BCUT2D eigenvalue weighted by Gasteiger charge is 2.48. The van der Waals surface area contributed by atoms with Crippen LogP contribution in [-0.2, 0) is 4.79 Å². The number of carbonyl (C=O) groups is 2. The second kappa shape index (κ2) is 6.78. The fourth-order valence-electron chi connectivity index (χ4n) is 2.90. The number of carbonyl (C=O) groups excluding carboxylic acids is 2. The molecule has 1 aliphatic rings. The molecule has 0 aromatic heterocycles. The molecule has 1 aliphatic heterocycles. The fourth-order valence-corrected chi connectivity index (χ4v) is 2.90. The van der Waals surface area contributed by atoms with Gasteiger partial charge in [0.1, 0.15) is 11.9 Å². The van der Waals surface area contributed by atoms with Crippen molar-refractivity contribution in [2.24, 2.45) is 0 Å². The summed E-state index contributed by atoms with van der Waals surface area (Å²) >= 11 is 0. The van der Waals surface area contributed by atoms with Gasteiger partial charge >= 0.3 is 6.18 Å². The van der Waals surface area contributed by atoms with Gasteiger partial charge in [-0.05, 0) is 31.9 Å². The number of nitrogens with zero attached hydrogens (tertiary/aromatic N) is 1. The predicted molar refractivity (Wildman–Crippen MR) is 78.9 cm³/mol. The van der Waals surface area contributed by atoms with Crippen molar-refractivity contribution in [3.05, 3.63) is 35.1 Å². The molecule has 1 N–H and O–H groups in total. The number of piperidine rings is 1. The van der Waals surface area contributed by atoms with Crippen molar-refractivity contribution in [2.75, 3.05) is 6.54 Å². The van der Waals surface area contributed by atoms with E-state index in [0.29, 0.717) is 10.5 Å². The Hall–Kier alpha value is -2.12. The van der Waals surface area contributed by atoms with Crippen LogP contribution in [0.15, 0.2) is 18.2 Å². The van der Waals surface area contributed by atoms with Crippen molar-refractivity contribution in [1.82, 2.24) is 10.2 Å². The van der Waals surface area contributed by atoms with Crippen molar-refractivity contribution < 1.29 is 27.2 Å². The number of hydrogen-bond acceptors (Lipinski definition) is 2. The molecule has 0 saturated carbocycles. The lowest BCUT2D eigenvalue weighted by Gasteiger charge is -2.40. The molecule has 8 heteroatoms. The zero-order valence-corrected chi connectivity index (χ0v) is 13.3. The van der Waals surface area contributed by atoms with Crippen LogP contribution in [0.2, 0.25) is 0 Å². The molecule has 132 valence electrons. The van der Waals surface area contributed by atoms with Crippen molar-refractivity contribution >= 4 is 11.8 Å². The molecular weight excluding hydrogens is 328 g/mol. The van der Waals surface area contributed by atoms with E-state index in [1.807, 2.05) is 0 Å². The largest absolute Gasteiger partial charge is 0.408 e. The Morgan fingerprint density at radius 3 is 2.50 bits per heavy atom. The molecule has 24 heavy (non-hydrogen) atoms. The van der Waals surface area contributed by atoms with Crippen LogP contribution in [0.25, 0.3) is 0 Å². The van der Waals surface area contributed by atoms with E-state index in [4.69, 9.17) is 0 Å². The third-order valence-corrected chi connectivity index (χ3v) is 3.98. The van der Waals surface area contributed by atoms with E-state index in [2.05, 4.69) is 5.32 Å². The van der Waals surface area contributed by atoms with Gasteiger partial charge in [0.05, 0.1) is 5.56 Å². The fraction of sp³-hybridized carbons (Fsp3) is 0.500. The number of alkyl halides is 3. The maximum atomic E-state index is 13.9. The maximum absolute atomic E-state index is 13.9. The van der Waals surface area contributed by atoms with E-state index >= 15 is 0 Å². The molecule has 1 aromatic rings. The standard InChI is InChI=1S/C16H18F4N2O2/c1-9-3-5-13(17)12(7-9)15(24)22-8-11(21-10(2)23)4-6-14(22)16(18,19)20/h3,5,7,11,14H,4,6,8H2,1-2H3,(H,21,23)/t11-,14-/m1/s1. The van der Waals surface area contributed by atoms with Crippen LogP contribution in [-0.4, -0.2) is 41.5 Å². The molecular formula is C16H18F4N2O2. The quantitative estimate of drug-likeness (QED) is 0.837. The molecule has 1 fully saturated rings. The van der Waals surface area contributed by atoms with Crippen LogP contribution < -0.4 is 5.32 Å². The van der Waals surface area contributed by atoms with E-state index in [1.54, 1.807) is 6.92 Å². The van der Waals surface area contributed by atoms with Crippen LogP contribution in [0.3, 0.4) is 0 Å². The van der Waals surface area contributed by atoms with Gasteiger partial charge in [-0.2, -0.15) is 13.2 Å². The number of halogens is 4. The first-order chi connectivity index (χ1) is 11.1. The van der Waals surface area contributed by atoms with Crippen LogP contribution in [0.4, 0.5) is 17.6 Å². The minimum Gasteiger partial charge on any atom is -0.352 e. The maximum Gasteiger partial charge on any atom is 0.408 e. The van der Waals surface area contributed by atoms with E-state index in [-0.39, 0.29) is 25.3 Å². The number of benzene rings is 1. The lowest BCUT2D eigenvalue weighted by atomic mass is 9.96. The molecule has 1 aromatic carbocycles. The summed E-state index contributed by atoms with van der Waals surface area (Å²) in [5.41, 5.74) is 0.173. The minimum absolute atomic E-state index is 0.101. The summed E-state index contributed by atoms with van der Waals surface area (Å²) in [6, 6.07) is 1.14. The Kier molecular flexibility index (Phi) is 5.15. The molecule has 1 heterocycles. The molecule has 0 unspecified atom stereocenters. The van der Waals surface area contributed by atoms with Gasteiger partial charge in [0.15, 0.2) is 0 Å². The topological polar surface area (TPSA) is 49.4 Å². The van der Waals surface area contributed by atoms with Crippen molar-refractivity contribution in [3.63, 3.8) is 0 Å². The summed E-state index contributed by atoms with van der Waals surface area (Å²) in [5.74, 6) is -2.28. The highest BCUT2D eigenvalue weighted by molar-refractivity contribution is 5.95. The van der Waals surface area contributed by atoms with Gasteiger partial charge in [-0.3, -0.25) is 9.59 Å². The number of aryl methyl sites for hydroxylation is 1. The van der Waals surface area contributed by atoms with Crippen molar-refractivity contribution in [3.8, 4) is 0 Å². The van der Waals surface area contributed by atoms with Crippen LogP contribution in [0, 0.1) is 12.7 Å². The summed E-state index contributed by atoms with van der Waals surface area (Å²) in [4.78, 5) is 24.3. The van der Waals surface area contributed by atoms with Gasteiger partial charge in [-0.1, -0.05) is 11.6 Å². The monoisotopic (exact) mass is 346 g/mol. The Morgan fingerprint density at radius 1 is 1.25 bits per heavy atom. The van der Waals surface area contributed by atoms with E-state index < -0.39 is 35.5 Å². The highest BCUT2D eigenvalue weighted by atomic mass is 19.4. The van der Waals surface area contributed by atoms with Crippen molar-refractivity contribution in [1.29, 1.82) is 0 Å². The number of amides is 2. The Labute approximate surface area is 136 Å². The minimum atomic E-state index is -4.61. The lowest BCUT2D eigenvalue weighted by molar-refractivity contribution is -0.184. The molecule has 0 bridgehead atoms. The molecule has 2 atom stereocenters. The molecule has 0 radical (unpaired) electrons. The first kappa shape index (κ1) is 18.2. The lowest BCUT2D eigenvalue weighted by Crippen LogP contribution is -2.58. The Morgan fingerprint density at radius 2 is 1.92 bits per heavy atom. The van der Waals surface area contributed by atoms with Gasteiger partial charge in [0.2, 0.25) is 5.91 Å². The number of nitrogens with one attached hydrogen (secondary N) is 1. The average molecular weight is 346 g/mol. The average Bonchev–Trinajstić information content (AvgIpc) is 2.47. The third-order valence-electron chi connectivity index (χ3n) is 3.98. The second-order valence-electron chi connectivity index (χ2n) is 5.97. The SMILES string of the molecule is CC(=O)N[C@@H]1CC[C@H](C(F)(F)F)N(C(=O)c2cc(C)ccc2F)C1. The molecule has 2 rings (SSSR count). The highest BCUT2D eigenvalue weighted by Crippen LogP contribution is 2.33. The van der Waals surface area contributed by atoms with Gasteiger partial charge in [-0.25, -0.2) is 4.39 Å². The molecule has 1 saturated heterocycles. The first-order valence-electron chi connectivity index (χ1n) is 7.50. The molecule has 0 aliphatic carbocycles. The number of hydrogen-bond donors (Lipinski definition) is 1. The van der Waals surface area contributed by atoms with Gasteiger partial charge in [-0.15, -0.1) is 0 Å². The molecule has 4 nitrogen and oxygen atoms in total. The van der Waals surface area contributed by atoms with Crippen LogP contribution in [0.5, 0.6) is 0 Å². The van der Waals surface area contributed by atoms with Gasteiger partial charge in [0, 0.05) is 19.5 Å². The zero-order valence-electron chi connectivity index (χ0n) is 13.3. The Bertz CT molecular complexity index is 645. The van der Waals surface area contributed by atoms with Gasteiger partial charge < -0.3 is 10.2 Å². The smallest absolute Gasteiger partial charge is 0.352 e. The summed E-state index contributed by atoms with van der Waals surface area (Å²) in [6.45, 7) is 2.56. The van der Waals surface area contributed by atoms with E-state index in [9.17, 15) is 27.2 Å².